The highest BCUT2D eigenvalue weighted by molar-refractivity contribution is 5.74. The Kier molecular flexibility index (Phi) is 5.22. The van der Waals surface area contributed by atoms with E-state index in [0.717, 1.165) is 33.7 Å². The van der Waals surface area contributed by atoms with Gasteiger partial charge in [0.15, 0.2) is 5.76 Å². The fourth-order valence-corrected chi connectivity index (χ4v) is 3.34. The first-order valence-electron chi connectivity index (χ1n) is 9.09. The number of hydrogen-bond acceptors (Lipinski definition) is 4. The SMILES string of the molecule is COc1ccc(-c2onc(-c3ccccc3)c2C(OC)c2ccccc2)cc1. The van der Waals surface area contributed by atoms with Gasteiger partial charge in [-0.2, -0.15) is 0 Å². The minimum absolute atomic E-state index is 0.306. The van der Waals surface area contributed by atoms with Crippen LogP contribution in [0.25, 0.3) is 22.6 Å². The molecule has 0 fully saturated rings. The molecule has 4 rings (SSSR count). The zero-order valence-corrected chi connectivity index (χ0v) is 15.8. The van der Waals surface area contributed by atoms with E-state index in [9.17, 15) is 0 Å². The lowest BCUT2D eigenvalue weighted by molar-refractivity contribution is 0.137. The Morgan fingerprint density at radius 1 is 0.750 bits per heavy atom. The van der Waals surface area contributed by atoms with Gasteiger partial charge in [-0.3, -0.25) is 0 Å². The summed E-state index contributed by atoms with van der Waals surface area (Å²) in [4.78, 5) is 0. The van der Waals surface area contributed by atoms with Crippen LogP contribution in [-0.4, -0.2) is 19.4 Å². The normalized spacial score (nSPS) is 11.9. The quantitative estimate of drug-likeness (QED) is 0.433. The second-order valence-corrected chi connectivity index (χ2v) is 6.39. The maximum Gasteiger partial charge on any atom is 0.173 e. The van der Waals surface area contributed by atoms with Crippen LogP contribution >= 0.6 is 0 Å². The minimum atomic E-state index is -0.306. The van der Waals surface area contributed by atoms with E-state index in [0.29, 0.717) is 5.76 Å². The van der Waals surface area contributed by atoms with Gasteiger partial charge in [-0.15, -0.1) is 0 Å². The van der Waals surface area contributed by atoms with E-state index < -0.39 is 0 Å². The van der Waals surface area contributed by atoms with Gasteiger partial charge in [-0.05, 0) is 29.8 Å². The molecule has 4 nitrogen and oxygen atoms in total. The predicted molar refractivity (Wildman–Crippen MR) is 109 cm³/mol. The summed E-state index contributed by atoms with van der Waals surface area (Å²) in [6.07, 6.45) is -0.306. The van der Waals surface area contributed by atoms with Crippen molar-refractivity contribution in [3.8, 4) is 28.3 Å². The van der Waals surface area contributed by atoms with Crippen LogP contribution in [0.5, 0.6) is 5.75 Å². The molecule has 0 saturated heterocycles. The molecule has 4 aromatic rings. The molecule has 0 bridgehead atoms. The molecule has 0 amide bonds. The Bertz CT molecular complexity index is 1020. The average molecular weight is 371 g/mol. The van der Waals surface area contributed by atoms with Crippen LogP contribution in [0, 0.1) is 0 Å². The number of rotatable bonds is 6. The standard InChI is InChI=1S/C24H21NO3/c1-26-20-15-13-19(14-16-20)24-21(23(27-2)18-11-7-4-8-12-18)22(25-28-24)17-9-5-3-6-10-17/h3-16,23H,1-2H3. The highest BCUT2D eigenvalue weighted by Gasteiger charge is 2.27. The molecule has 3 aromatic carbocycles. The lowest BCUT2D eigenvalue weighted by atomic mass is 9.94. The molecule has 1 aromatic heterocycles. The number of benzene rings is 3. The first kappa shape index (κ1) is 18.0. The minimum Gasteiger partial charge on any atom is -0.497 e. The van der Waals surface area contributed by atoms with Crippen LogP contribution in [0.1, 0.15) is 17.2 Å². The summed E-state index contributed by atoms with van der Waals surface area (Å²) in [5, 5.41) is 4.41. The van der Waals surface area contributed by atoms with Gasteiger partial charge in [-0.1, -0.05) is 65.8 Å². The van der Waals surface area contributed by atoms with Crippen LogP contribution in [0.3, 0.4) is 0 Å². The van der Waals surface area contributed by atoms with Gasteiger partial charge in [0.05, 0.1) is 12.7 Å². The topological polar surface area (TPSA) is 44.5 Å². The molecule has 28 heavy (non-hydrogen) atoms. The van der Waals surface area contributed by atoms with Crippen LogP contribution in [0.15, 0.2) is 89.5 Å². The summed E-state index contributed by atoms with van der Waals surface area (Å²) >= 11 is 0. The van der Waals surface area contributed by atoms with Crippen molar-refractivity contribution >= 4 is 0 Å². The third-order valence-corrected chi connectivity index (χ3v) is 4.73. The predicted octanol–water partition coefficient (Wildman–Crippen LogP) is 5.75. The van der Waals surface area contributed by atoms with E-state index in [1.807, 2.05) is 84.9 Å². The van der Waals surface area contributed by atoms with Crippen LogP contribution < -0.4 is 4.74 Å². The number of methoxy groups -OCH3 is 2. The number of ether oxygens (including phenoxy) is 2. The van der Waals surface area contributed by atoms with E-state index in [1.54, 1.807) is 14.2 Å². The van der Waals surface area contributed by atoms with Crippen LogP contribution in [0.4, 0.5) is 0 Å². The number of aromatic nitrogens is 1. The molecular weight excluding hydrogens is 350 g/mol. The van der Waals surface area contributed by atoms with Gasteiger partial charge >= 0.3 is 0 Å². The summed E-state index contributed by atoms with van der Waals surface area (Å²) in [7, 11) is 3.36. The molecule has 0 aliphatic rings. The van der Waals surface area contributed by atoms with Gasteiger partial charge in [0.2, 0.25) is 0 Å². The third-order valence-electron chi connectivity index (χ3n) is 4.73. The van der Waals surface area contributed by atoms with E-state index in [4.69, 9.17) is 14.0 Å². The third kappa shape index (κ3) is 3.42. The summed E-state index contributed by atoms with van der Waals surface area (Å²) in [6.45, 7) is 0. The second kappa shape index (κ2) is 8.11. The van der Waals surface area contributed by atoms with E-state index in [2.05, 4.69) is 5.16 Å². The van der Waals surface area contributed by atoms with E-state index in [-0.39, 0.29) is 6.10 Å². The molecule has 140 valence electrons. The van der Waals surface area contributed by atoms with Crippen molar-refractivity contribution in [1.82, 2.24) is 5.16 Å². The molecule has 1 atom stereocenters. The van der Waals surface area contributed by atoms with Crippen LogP contribution in [0.2, 0.25) is 0 Å². The van der Waals surface area contributed by atoms with Gasteiger partial charge in [0.1, 0.15) is 17.5 Å². The Morgan fingerprint density at radius 3 is 2.00 bits per heavy atom. The van der Waals surface area contributed by atoms with Gasteiger partial charge < -0.3 is 14.0 Å². The molecule has 0 aliphatic carbocycles. The summed E-state index contributed by atoms with van der Waals surface area (Å²) < 4.78 is 17.0. The first-order chi connectivity index (χ1) is 13.8. The maximum atomic E-state index is 5.93. The smallest absolute Gasteiger partial charge is 0.173 e. The van der Waals surface area contributed by atoms with Crippen molar-refractivity contribution in [2.24, 2.45) is 0 Å². The molecule has 4 heteroatoms. The Balaban J connectivity index is 1.90. The zero-order valence-electron chi connectivity index (χ0n) is 15.8. The largest absolute Gasteiger partial charge is 0.497 e. The van der Waals surface area contributed by atoms with Gasteiger partial charge in [0.25, 0.3) is 0 Å². The zero-order chi connectivity index (χ0) is 19.3. The summed E-state index contributed by atoms with van der Waals surface area (Å²) in [5.41, 5.74) is 4.63. The van der Waals surface area contributed by atoms with Crippen molar-refractivity contribution in [2.45, 2.75) is 6.10 Å². The highest BCUT2D eigenvalue weighted by atomic mass is 16.5. The monoisotopic (exact) mass is 371 g/mol. The van der Waals surface area contributed by atoms with Gasteiger partial charge in [0, 0.05) is 18.2 Å². The lowest BCUT2D eigenvalue weighted by Gasteiger charge is -2.17. The fraction of sp³-hybridized carbons (Fsp3) is 0.125. The second-order valence-electron chi connectivity index (χ2n) is 6.39. The lowest BCUT2D eigenvalue weighted by Crippen LogP contribution is -2.05. The van der Waals surface area contributed by atoms with E-state index in [1.165, 1.54) is 0 Å². The molecule has 1 unspecified atom stereocenters. The molecule has 0 spiro atoms. The van der Waals surface area contributed by atoms with Crippen molar-refractivity contribution in [3.63, 3.8) is 0 Å². The number of hydrogen-bond donors (Lipinski definition) is 0. The summed E-state index contributed by atoms with van der Waals surface area (Å²) in [6, 6.07) is 27.9. The van der Waals surface area contributed by atoms with Crippen molar-refractivity contribution in [3.05, 3.63) is 96.1 Å². The molecule has 0 aliphatic heterocycles. The molecular formula is C24H21NO3. The van der Waals surface area contributed by atoms with Crippen molar-refractivity contribution in [2.75, 3.05) is 14.2 Å². The average Bonchev–Trinajstić information content (AvgIpc) is 3.20. The Labute approximate surface area is 164 Å². The molecule has 1 heterocycles. The van der Waals surface area contributed by atoms with Gasteiger partial charge in [-0.25, -0.2) is 0 Å². The Morgan fingerprint density at radius 2 is 1.39 bits per heavy atom. The highest BCUT2D eigenvalue weighted by Crippen LogP contribution is 2.40. The molecule has 0 saturated carbocycles. The fourth-order valence-electron chi connectivity index (χ4n) is 3.34. The number of nitrogens with zero attached hydrogens (tertiary/aromatic N) is 1. The maximum absolute atomic E-state index is 5.93. The van der Waals surface area contributed by atoms with Crippen LogP contribution in [-0.2, 0) is 4.74 Å². The Hall–Kier alpha value is -3.37. The molecule has 0 radical (unpaired) electrons. The van der Waals surface area contributed by atoms with E-state index >= 15 is 0 Å². The van der Waals surface area contributed by atoms with Crippen molar-refractivity contribution in [1.29, 1.82) is 0 Å². The molecule has 0 N–H and O–H groups in total. The summed E-state index contributed by atoms with van der Waals surface area (Å²) in [5.74, 6) is 1.48. The first-order valence-corrected chi connectivity index (χ1v) is 9.09. The van der Waals surface area contributed by atoms with Crippen molar-refractivity contribution < 1.29 is 14.0 Å².